The minimum Gasteiger partial charge on any atom is -0.389 e. The normalized spacial score (nSPS) is 14.0. The molecule has 2 aromatic rings. The maximum absolute atomic E-state index is 13.3. The van der Waals surface area contributed by atoms with Crippen molar-refractivity contribution in [3.05, 3.63) is 45.3 Å². The van der Waals surface area contributed by atoms with Gasteiger partial charge in [0.25, 0.3) is 0 Å². The standard InChI is InChI=1S/C16H11F3N4S/c17-16(18,19)12-5-9(6-20)1-2-13(12)23-4-3-10-11(7-21)15(22)24-14(10)8-23/h1-2,5H,3-4,8,22H2. The number of nitriles is 2. The van der Waals surface area contributed by atoms with Crippen LogP contribution >= 0.6 is 11.3 Å². The van der Waals surface area contributed by atoms with Crippen molar-refractivity contribution in [2.45, 2.75) is 19.1 Å². The molecule has 3 rings (SSSR count). The highest BCUT2D eigenvalue weighted by atomic mass is 32.1. The molecule has 0 fully saturated rings. The molecule has 0 amide bonds. The maximum Gasteiger partial charge on any atom is 0.418 e. The van der Waals surface area contributed by atoms with E-state index in [0.29, 0.717) is 23.5 Å². The summed E-state index contributed by atoms with van der Waals surface area (Å²) < 4.78 is 40.0. The van der Waals surface area contributed by atoms with Crippen molar-refractivity contribution in [2.24, 2.45) is 0 Å². The highest BCUT2D eigenvalue weighted by Crippen LogP contribution is 2.41. The van der Waals surface area contributed by atoms with Crippen LogP contribution in [0.25, 0.3) is 0 Å². The summed E-state index contributed by atoms with van der Waals surface area (Å²) in [6, 6.07) is 7.37. The molecule has 0 aliphatic carbocycles. The Labute approximate surface area is 140 Å². The number of fused-ring (bicyclic) bond motifs is 1. The Morgan fingerprint density at radius 1 is 1.21 bits per heavy atom. The smallest absolute Gasteiger partial charge is 0.389 e. The number of nitrogens with two attached hydrogens (primary N) is 1. The Kier molecular flexibility index (Phi) is 3.86. The van der Waals surface area contributed by atoms with Crippen LogP contribution in [0.2, 0.25) is 0 Å². The molecule has 1 aromatic carbocycles. The van der Waals surface area contributed by atoms with Crippen molar-refractivity contribution < 1.29 is 13.2 Å². The van der Waals surface area contributed by atoms with E-state index in [1.54, 1.807) is 11.0 Å². The molecule has 1 aromatic heterocycles. The second kappa shape index (κ2) is 5.73. The number of nitrogen functional groups attached to an aromatic ring is 1. The molecular formula is C16H11F3N4S. The fourth-order valence-corrected chi connectivity index (χ4v) is 3.95. The van der Waals surface area contributed by atoms with Crippen molar-refractivity contribution in [2.75, 3.05) is 17.2 Å². The lowest BCUT2D eigenvalue weighted by molar-refractivity contribution is -0.137. The summed E-state index contributed by atoms with van der Waals surface area (Å²) in [7, 11) is 0. The molecule has 0 atom stereocenters. The number of halogens is 3. The van der Waals surface area contributed by atoms with E-state index in [4.69, 9.17) is 16.3 Å². The third-order valence-corrected chi connectivity index (χ3v) is 5.01. The van der Waals surface area contributed by atoms with Gasteiger partial charge in [0.15, 0.2) is 0 Å². The molecule has 2 N–H and O–H groups in total. The summed E-state index contributed by atoms with van der Waals surface area (Å²) in [5.74, 6) is 0. The topological polar surface area (TPSA) is 76.8 Å². The van der Waals surface area contributed by atoms with Crippen molar-refractivity contribution >= 4 is 22.0 Å². The summed E-state index contributed by atoms with van der Waals surface area (Å²) in [6.07, 6.45) is -4.09. The fourth-order valence-electron chi connectivity index (χ4n) is 2.86. The summed E-state index contributed by atoms with van der Waals surface area (Å²) in [4.78, 5) is 2.43. The Morgan fingerprint density at radius 2 is 1.96 bits per heavy atom. The van der Waals surface area contributed by atoms with Crippen molar-refractivity contribution in [3.8, 4) is 12.1 Å². The summed E-state index contributed by atoms with van der Waals surface area (Å²) in [5, 5.41) is 18.4. The van der Waals surface area contributed by atoms with E-state index in [1.165, 1.54) is 23.5 Å². The predicted octanol–water partition coefficient (Wildman–Crippen LogP) is 3.66. The van der Waals surface area contributed by atoms with E-state index in [-0.39, 0.29) is 17.8 Å². The van der Waals surface area contributed by atoms with E-state index in [2.05, 4.69) is 6.07 Å². The van der Waals surface area contributed by atoms with Crippen LogP contribution in [0.1, 0.15) is 27.1 Å². The third-order valence-electron chi connectivity index (χ3n) is 3.97. The van der Waals surface area contributed by atoms with E-state index in [0.717, 1.165) is 16.5 Å². The molecule has 8 heteroatoms. The van der Waals surface area contributed by atoms with Gasteiger partial charge < -0.3 is 10.6 Å². The maximum atomic E-state index is 13.3. The van der Waals surface area contributed by atoms with Crippen LogP contribution in [0.15, 0.2) is 18.2 Å². The molecule has 2 heterocycles. The molecule has 0 bridgehead atoms. The molecule has 24 heavy (non-hydrogen) atoms. The highest BCUT2D eigenvalue weighted by Gasteiger charge is 2.36. The first-order valence-corrected chi connectivity index (χ1v) is 7.83. The van der Waals surface area contributed by atoms with Crippen LogP contribution in [0.3, 0.4) is 0 Å². The fraction of sp³-hybridized carbons (Fsp3) is 0.250. The Bertz CT molecular complexity index is 886. The van der Waals surface area contributed by atoms with Crippen molar-refractivity contribution in [1.82, 2.24) is 0 Å². The summed E-state index contributed by atoms with van der Waals surface area (Å²) in [6.45, 7) is 0.619. The second-order valence-corrected chi connectivity index (χ2v) is 6.50. The lowest BCUT2D eigenvalue weighted by Gasteiger charge is -2.31. The first-order chi connectivity index (χ1) is 11.3. The van der Waals surface area contributed by atoms with Crippen molar-refractivity contribution in [1.29, 1.82) is 10.5 Å². The third kappa shape index (κ3) is 2.66. The number of hydrogen-bond donors (Lipinski definition) is 1. The second-order valence-electron chi connectivity index (χ2n) is 5.37. The van der Waals surface area contributed by atoms with Gasteiger partial charge in [-0.1, -0.05) is 0 Å². The van der Waals surface area contributed by atoms with E-state index in [9.17, 15) is 13.2 Å². The quantitative estimate of drug-likeness (QED) is 0.853. The average Bonchev–Trinajstić information content (AvgIpc) is 2.87. The monoisotopic (exact) mass is 348 g/mol. The number of nitrogens with zero attached hydrogens (tertiary/aromatic N) is 3. The van der Waals surface area contributed by atoms with Crippen LogP contribution in [0.5, 0.6) is 0 Å². The van der Waals surface area contributed by atoms with Gasteiger partial charge in [0.1, 0.15) is 11.1 Å². The summed E-state index contributed by atoms with van der Waals surface area (Å²) >= 11 is 1.24. The van der Waals surface area contributed by atoms with Crippen molar-refractivity contribution in [3.63, 3.8) is 0 Å². The Morgan fingerprint density at radius 3 is 2.58 bits per heavy atom. The SMILES string of the molecule is N#Cc1ccc(N2CCc3c(sc(N)c3C#N)C2)c(C(F)(F)F)c1. The van der Waals surface area contributed by atoms with Crippen LogP contribution in [-0.4, -0.2) is 6.54 Å². The number of hydrogen-bond acceptors (Lipinski definition) is 5. The largest absolute Gasteiger partial charge is 0.418 e. The molecule has 0 spiro atoms. The van der Waals surface area contributed by atoms with Gasteiger partial charge in [-0.05, 0) is 30.2 Å². The first kappa shape index (κ1) is 16.2. The minimum absolute atomic E-state index is 0.0316. The van der Waals surface area contributed by atoms with Crippen LogP contribution in [0.4, 0.5) is 23.9 Å². The lowest BCUT2D eigenvalue weighted by atomic mass is 10.0. The first-order valence-electron chi connectivity index (χ1n) is 7.01. The number of rotatable bonds is 1. The minimum atomic E-state index is -4.55. The number of benzene rings is 1. The molecule has 122 valence electrons. The van der Waals surface area contributed by atoms with Crippen LogP contribution in [-0.2, 0) is 19.1 Å². The predicted molar refractivity (Wildman–Crippen MR) is 84.4 cm³/mol. The number of anilines is 2. The van der Waals surface area contributed by atoms with Gasteiger partial charge in [-0.2, -0.15) is 23.7 Å². The van der Waals surface area contributed by atoms with Gasteiger partial charge in [-0.15, -0.1) is 11.3 Å². The molecule has 0 radical (unpaired) electrons. The molecular weight excluding hydrogens is 337 g/mol. The Balaban J connectivity index is 2.02. The van der Waals surface area contributed by atoms with Gasteiger partial charge in [0.2, 0.25) is 0 Å². The molecule has 1 aliphatic heterocycles. The number of alkyl halides is 3. The zero-order chi connectivity index (χ0) is 17.5. The molecule has 4 nitrogen and oxygen atoms in total. The molecule has 0 saturated heterocycles. The van der Waals surface area contributed by atoms with Crippen LogP contribution in [0, 0.1) is 22.7 Å². The van der Waals surface area contributed by atoms with Gasteiger partial charge in [0, 0.05) is 17.1 Å². The zero-order valence-corrected chi connectivity index (χ0v) is 13.1. The number of thiophene rings is 1. The van der Waals surface area contributed by atoms with E-state index in [1.807, 2.05) is 0 Å². The van der Waals surface area contributed by atoms with Gasteiger partial charge in [0.05, 0.1) is 29.3 Å². The van der Waals surface area contributed by atoms with E-state index >= 15 is 0 Å². The lowest BCUT2D eigenvalue weighted by Crippen LogP contribution is -2.31. The highest BCUT2D eigenvalue weighted by molar-refractivity contribution is 7.16. The van der Waals surface area contributed by atoms with Crippen LogP contribution < -0.4 is 10.6 Å². The zero-order valence-electron chi connectivity index (χ0n) is 12.3. The molecule has 1 aliphatic rings. The Hall–Kier alpha value is -2.71. The summed E-state index contributed by atoms with van der Waals surface area (Å²) in [5.41, 5.74) is 6.27. The average molecular weight is 348 g/mol. The molecule has 0 unspecified atom stereocenters. The molecule has 0 saturated carbocycles. The van der Waals surface area contributed by atoms with Gasteiger partial charge in [-0.3, -0.25) is 0 Å². The van der Waals surface area contributed by atoms with E-state index < -0.39 is 11.7 Å². The van der Waals surface area contributed by atoms with Gasteiger partial charge >= 0.3 is 6.18 Å². The van der Waals surface area contributed by atoms with Gasteiger partial charge in [-0.25, -0.2) is 0 Å².